The summed E-state index contributed by atoms with van der Waals surface area (Å²) in [6, 6.07) is 5.99. The lowest BCUT2D eigenvalue weighted by Gasteiger charge is -2.12. The predicted octanol–water partition coefficient (Wildman–Crippen LogP) is 0.677. The van der Waals surface area contributed by atoms with E-state index < -0.39 is 6.04 Å². The lowest BCUT2D eigenvalue weighted by molar-refractivity contribution is -0.122. The minimum absolute atomic E-state index is 0.190. The first-order chi connectivity index (χ1) is 10.0. The molecule has 4 N–H and O–H groups in total. The van der Waals surface area contributed by atoms with Crippen LogP contribution in [0.4, 0.5) is 0 Å². The van der Waals surface area contributed by atoms with E-state index in [0.29, 0.717) is 18.7 Å². The summed E-state index contributed by atoms with van der Waals surface area (Å²) in [5, 5.41) is 11.9. The molecule has 6 nitrogen and oxygen atoms in total. The summed E-state index contributed by atoms with van der Waals surface area (Å²) >= 11 is 0. The standard InChI is InChI=1S/C15H18N4O2/c1-10-7-18-12(8-17-10)9-19-15(21)14(16)6-11-2-4-13(20)5-3-11/h2-5,7-8,14,20H,6,9,16H2,1H3,(H,19,21)/t14-/m0/s1. The third-order valence-electron chi connectivity index (χ3n) is 3.01. The minimum Gasteiger partial charge on any atom is -0.508 e. The van der Waals surface area contributed by atoms with Gasteiger partial charge in [0.15, 0.2) is 0 Å². The third kappa shape index (κ3) is 4.54. The van der Waals surface area contributed by atoms with Gasteiger partial charge in [-0.3, -0.25) is 14.8 Å². The molecule has 1 amide bonds. The molecule has 2 aromatic rings. The van der Waals surface area contributed by atoms with Crippen molar-refractivity contribution < 1.29 is 9.90 Å². The highest BCUT2D eigenvalue weighted by Crippen LogP contribution is 2.10. The lowest BCUT2D eigenvalue weighted by atomic mass is 10.1. The molecule has 110 valence electrons. The molecule has 0 aliphatic carbocycles. The van der Waals surface area contributed by atoms with Crippen LogP contribution < -0.4 is 11.1 Å². The number of aryl methyl sites for hydroxylation is 1. The number of rotatable bonds is 5. The number of phenols is 1. The van der Waals surface area contributed by atoms with Crippen LogP contribution in [0, 0.1) is 6.92 Å². The first kappa shape index (κ1) is 14.9. The van der Waals surface area contributed by atoms with Crippen molar-refractivity contribution in [3.05, 3.63) is 53.6 Å². The smallest absolute Gasteiger partial charge is 0.237 e. The van der Waals surface area contributed by atoms with E-state index >= 15 is 0 Å². The fourth-order valence-corrected chi connectivity index (χ4v) is 1.80. The first-order valence-corrected chi connectivity index (χ1v) is 6.63. The molecule has 0 fully saturated rings. The van der Waals surface area contributed by atoms with Crippen LogP contribution in [-0.4, -0.2) is 27.0 Å². The Balaban J connectivity index is 1.84. The summed E-state index contributed by atoms with van der Waals surface area (Å²) in [5.41, 5.74) is 8.27. The van der Waals surface area contributed by atoms with Gasteiger partial charge < -0.3 is 16.2 Å². The van der Waals surface area contributed by atoms with Crippen LogP contribution in [0.5, 0.6) is 5.75 Å². The highest BCUT2D eigenvalue weighted by molar-refractivity contribution is 5.81. The average molecular weight is 286 g/mol. The average Bonchev–Trinajstić information content (AvgIpc) is 2.48. The number of nitrogens with two attached hydrogens (primary N) is 1. The van der Waals surface area contributed by atoms with E-state index in [9.17, 15) is 9.90 Å². The highest BCUT2D eigenvalue weighted by Gasteiger charge is 2.14. The number of amides is 1. The molecule has 0 radical (unpaired) electrons. The zero-order chi connectivity index (χ0) is 15.2. The van der Waals surface area contributed by atoms with Gasteiger partial charge in [0.25, 0.3) is 0 Å². The van der Waals surface area contributed by atoms with Gasteiger partial charge in [-0.2, -0.15) is 0 Å². The molecule has 0 aliphatic rings. The second-order valence-corrected chi connectivity index (χ2v) is 4.84. The Morgan fingerprint density at radius 3 is 2.62 bits per heavy atom. The number of carbonyl (C=O) groups excluding carboxylic acids is 1. The third-order valence-corrected chi connectivity index (χ3v) is 3.01. The predicted molar refractivity (Wildman–Crippen MR) is 78.4 cm³/mol. The van der Waals surface area contributed by atoms with Crippen LogP contribution in [0.2, 0.25) is 0 Å². The van der Waals surface area contributed by atoms with Crippen molar-refractivity contribution in [2.45, 2.75) is 25.9 Å². The maximum absolute atomic E-state index is 11.9. The fourth-order valence-electron chi connectivity index (χ4n) is 1.80. The summed E-state index contributed by atoms with van der Waals surface area (Å²) < 4.78 is 0. The molecule has 0 bridgehead atoms. The zero-order valence-electron chi connectivity index (χ0n) is 11.8. The van der Waals surface area contributed by atoms with Crippen molar-refractivity contribution in [2.24, 2.45) is 5.73 Å². The molecule has 0 spiro atoms. The molecule has 1 atom stereocenters. The van der Waals surface area contributed by atoms with Crippen LogP contribution in [0.3, 0.4) is 0 Å². The van der Waals surface area contributed by atoms with Gasteiger partial charge in [0.2, 0.25) is 5.91 Å². The SMILES string of the molecule is Cc1cnc(CNC(=O)[C@@H](N)Cc2ccc(O)cc2)cn1. The van der Waals surface area contributed by atoms with E-state index in [-0.39, 0.29) is 11.7 Å². The van der Waals surface area contributed by atoms with Gasteiger partial charge in [0.05, 0.1) is 30.2 Å². The summed E-state index contributed by atoms with van der Waals surface area (Å²) in [5.74, 6) is -0.0554. The topological polar surface area (TPSA) is 101 Å². The van der Waals surface area contributed by atoms with Gasteiger partial charge in [-0.25, -0.2) is 0 Å². The number of aromatic hydroxyl groups is 1. The maximum atomic E-state index is 11.9. The number of hydrogen-bond donors (Lipinski definition) is 3. The first-order valence-electron chi connectivity index (χ1n) is 6.63. The Bertz CT molecular complexity index is 596. The molecule has 2 rings (SSSR count). The van der Waals surface area contributed by atoms with E-state index in [2.05, 4.69) is 15.3 Å². The van der Waals surface area contributed by atoms with E-state index in [0.717, 1.165) is 11.3 Å². The molecule has 6 heteroatoms. The Hall–Kier alpha value is -2.47. The van der Waals surface area contributed by atoms with Crippen molar-refractivity contribution in [1.82, 2.24) is 15.3 Å². The van der Waals surface area contributed by atoms with Gasteiger partial charge in [-0.1, -0.05) is 12.1 Å². The van der Waals surface area contributed by atoms with Gasteiger partial charge >= 0.3 is 0 Å². The largest absolute Gasteiger partial charge is 0.508 e. The molecule has 1 aromatic carbocycles. The molecule has 21 heavy (non-hydrogen) atoms. The molecular formula is C15H18N4O2. The lowest BCUT2D eigenvalue weighted by Crippen LogP contribution is -2.41. The fraction of sp³-hybridized carbons (Fsp3) is 0.267. The van der Waals surface area contributed by atoms with Crippen molar-refractivity contribution in [3.63, 3.8) is 0 Å². The molecule has 1 heterocycles. The number of nitrogens with zero attached hydrogens (tertiary/aromatic N) is 2. The zero-order valence-corrected chi connectivity index (χ0v) is 11.8. The summed E-state index contributed by atoms with van der Waals surface area (Å²) in [6.07, 6.45) is 3.69. The van der Waals surface area contributed by atoms with E-state index in [1.54, 1.807) is 36.7 Å². The van der Waals surface area contributed by atoms with Crippen LogP contribution in [0.25, 0.3) is 0 Å². The van der Waals surface area contributed by atoms with Gasteiger partial charge in [0.1, 0.15) is 5.75 Å². The number of carbonyl (C=O) groups is 1. The van der Waals surface area contributed by atoms with E-state index in [1.807, 2.05) is 6.92 Å². The second-order valence-electron chi connectivity index (χ2n) is 4.84. The molecular weight excluding hydrogens is 268 g/mol. The van der Waals surface area contributed by atoms with Crippen molar-refractivity contribution in [1.29, 1.82) is 0 Å². The summed E-state index contributed by atoms with van der Waals surface area (Å²) in [6.45, 7) is 2.15. The maximum Gasteiger partial charge on any atom is 0.237 e. The Labute approximate surface area is 123 Å². The van der Waals surface area contributed by atoms with Crippen LogP contribution in [0.15, 0.2) is 36.7 Å². The molecule has 0 unspecified atom stereocenters. The van der Waals surface area contributed by atoms with Crippen LogP contribution in [0.1, 0.15) is 17.0 Å². The number of hydrogen-bond acceptors (Lipinski definition) is 5. The summed E-state index contributed by atoms with van der Waals surface area (Å²) in [7, 11) is 0. The van der Waals surface area contributed by atoms with Crippen molar-refractivity contribution in [2.75, 3.05) is 0 Å². The monoisotopic (exact) mass is 286 g/mol. The Morgan fingerprint density at radius 1 is 1.29 bits per heavy atom. The number of nitrogens with one attached hydrogen (secondary N) is 1. The highest BCUT2D eigenvalue weighted by atomic mass is 16.3. The van der Waals surface area contributed by atoms with Crippen LogP contribution in [-0.2, 0) is 17.8 Å². The molecule has 0 saturated heterocycles. The minimum atomic E-state index is -0.645. The Morgan fingerprint density at radius 2 is 2.00 bits per heavy atom. The summed E-state index contributed by atoms with van der Waals surface area (Å²) in [4.78, 5) is 20.2. The number of aromatic nitrogens is 2. The van der Waals surface area contributed by atoms with E-state index in [1.165, 1.54) is 0 Å². The van der Waals surface area contributed by atoms with Crippen molar-refractivity contribution >= 4 is 5.91 Å². The number of benzene rings is 1. The molecule has 0 saturated carbocycles. The van der Waals surface area contributed by atoms with Crippen molar-refractivity contribution in [3.8, 4) is 5.75 Å². The van der Waals surface area contributed by atoms with Gasteiger partial charge in [-0.05, 0) is 31.0 Å². The quantitative estimate of drug-likeness (QED) is 0.750. The van der Waals surface area contributed by atoms with Crippen LogP contribution >= 0.6 is 0 Å². The number of phenolic OH excluding ortho intramolecular Hbond substituents is 1. The van der Waals surface area contributed by atoms with Gasteiger partial charge in [0, 0.05) is 6.20 Å². The second kappa shape index (κ2) is 6.81. The van der Waals surface area contributed by atoms with Gasteiger partial charge in [-0.15, -0.1) is 0 Å². The normalized spacial score (nSPS) is 11.9. The van der Waals surface area contributed by atoms with E-state index in [4.69, 9.17) is 5.73 Å². The molecule has 1 aromatic heterocycles. The Kier molecular flexibility index (Phi) is 4.84. The molecule has 0 aliphatic heterocycles.